The van der Waals surface area contributed by atoms with Crippen molar-refractivity contribution < 1.29 is 9.21 Å². The lowest BCUT2D eigenvalue weighted by atomic mass is 9.98. The molecule has 4 rings (SSSR count). The van der Waals surface area contributed by atoms with Crippen molar-refractivity contribution in [1.29, 1.82) is 0 Å². The average molecular weight is 344 g/mol. The third-order valence-electron chi connectivity index (χ3n) is 5.32. The van der Waals surface area contributed by atoms with Crippen LogP contribution in [0, 0.1) is 5.92 Å². The number of nitrogens with zero attached hydrogens (tertiary/aromatic N) is 2. The number of furan rings is 1. The van der Waals surface area contributed by atoms with Gasteiger partial charge >= 0.3 is 0 Å². The summed E-state index contributed by atoms with van der Waals surface area (Å²) in [6, 6.07) is 4.13. The molecule has 1 aliphatic heterocycles. The molecule has 2 fully saturated rings. The molecular formula is C19H24N2O2S. The Morgan fingerprint density at radius 2 is 2.33 bits per heavy atom. The first-order valence-electron chi connectivity index (χ1n) is 8.96. The van der Waals surface area contributed by atoms with E-state index in [0.29, 0.717) is 24.7 Å². The van der Waals surface area contributed by atoms with E-state index < -0.39 is 0 Å². The molecule has 0 aromatic carbocycles. The van der Waals surface area contributed by atoms with Crippen LogP contribution in [0.15, 0.2) is 28.1 Å². The lowest BCUT2D eigenvalue weighted by Gasteiger charge is -2.31. The zero-order chi connectivity index (χ0) is 16.5. The summed E-state index contributed by atoms with van der Waals surface area (Å²) in [4.78, 5) is 19.0. The molecule has 2 aromatic rings. The molecule has 0 bridgehead atoms. The van der Waals surface area contributed by atoms with Crippen molar-refractivity contribution >= 4 is 17.2 Å². The van der Waals surface area contributed by atoms with Crippen LogP contribution in [-0.4, -0.2) is 28.9 Å². The van der Waals surface area contributed by atoms with Crippen LogP contribution >= 0.6 is 11.3 Å². The molecule has 3 heterocycles. The van der Waals surface area contributed by atoms with Crippen molar-refractivity contribution in [3.63, 3.8) is 0 Å². The number of aryl methyl sites for hydroxylation is 1. The van der Waals surface area contributed by atoms with Gasteiger partial charge in [0.25, 0.3) is 0 Å². The van der Waals surface area contributed by atoms with E-state index in [4.69, 9.17) is 4.42 Å². The quantitative estimate of drug-likeness (QED) is 0.817. The Morgan fingerprint density at radius 1 is 1.46 bits per heavy atom. The van der Waals surface area contributed by atoms with Gasteiger partial charge in [0.2, 0.25) is 5.91 Å². The Balaban J connectivity index is 1.30. The van der Waals surface area contributed by atoms with Crippen molar-refractivity contribution in [1.82, 2.24) is 9.88 Å². The molecule has 3 atom stereocenters. The minimum atomic E-state index is 0.244. The summed E-state index contributed by atoms with van der Waals surface area (Å²) in [6.07, 6.45) is 6.54. The molecule has 1 saturated carbocycles. The Morgan fingerprint density at radius 3 is 3.08 bits per heavy atom. The molecule has 1 amide bonds. The fourth-order valence-electron chi connectivity index (χ4n) is 3.68. The fourth-order valence-corrected chi connectivity index (χ4v) is 4.44. The Hall–Kier alpha value is -1.62. The van der Waals surface area contributed by atoms with Crippen molar-refractivity contribution in [3.05, 3.63) is 40.2 Å². The van der Waals surface area contributed by atoms with Crippen LogP contribution in [-0.2, 0) is 11.2 Å². The minimum Gasteiger partial charge on any atom is -0.466 e. The largest absolute Gasteiger partial charge is 0.466 e. The van der Waals surface area contributed by atoms with E-state index in [2.05, 4.69) is 18.0 Å². The number of carbonyl (C=O) groups is 1. The van der Waals surface area contributed by atoms with E-state index in [0.717, 1.165) is 43.4 Å². The predicted octanol–water partition coefficient (Wildman–Crippen LogP) is 4.20. The highest BCUT2D eigenvalue weighted by molar-refractivity contribution is 7.09. The Bertz CT molecular complexity index is 694. The summed E-state index contributed by atoms with van der Waals surface area (Å²) in [5.41, 5.74) is 0. The lowest BCUT2D eigenvalue weighted by Crippen LogP contribution is -2.39. The first-order chi connectivity index (χ1) is 11.7. The maximum absolute atomic E-state index is 12.6. The molecule has 24 heavy (non-hydrogen) atoms. The average Bonchev–Trinajstić information content (AvgIpc) is 3.04. The maximum Gasteiger partial charge on any atom is 0.223 e. The molecular weight excluding hydrogens is 320 g/mol. The van der Waals surface area contributed by atoms with Crippen LogP contribution in [0.1, 0.15) is 61.0 Å². The van der Waals surface area contributed by atoms with Gasteiger partial charge in [0, 0.05) is 49.3 Å². The number of aromatic nitrogens is 1. The van der Waals surface area contributed by atoms with Crippen LogP contribution in [0.25, 0.3) is 0 Å². The van der Waals surface area contributed by atoms with Crippen molar-refractivity contribution in [2.24, 2.45) is 5.92 Å². The molecule has 0 radical (unpaired) electrons. The van der Waals surface area contributed by atoms with E-state index in [1.807, 2.05) is 22.5 Å². The van der Waals surface area contributed by atoms with Gasteiger partial charge in [-0.25, -0.2) is 4.98 Å². The third-order valence-corrected chi connectivity index (χ3v) is 6.26. The number of carbonyl (C=O) groups excluding carboxylic acids is 1. The number of thiazole rings is 1. The van der Waals surface area contributed by atoms with E-state index in [1.165, 1.54) is 11.4 Å². The maximum atomic E-state index is 12.6. The van der Waals surface area contributed by atoms with Crippen LogP contribution in [0.2, 0.25) is 0 Å². The summed E-state index contributed by atoms with van der Waals surface area (Å²) in [5.74, 6) is 4.07. The molecule has 0 N–H and O–H groups in total. The standard InChI is InChI=1S/C19H24N2O2S/c1-13-11-16(13)17-6-4-15(23-17)5-7-18(22)21-9-2-3-14(12-21)19-20-8-10-24-19/h4,6,8,10,13-14,16H,2-3,5,7,9,11-12H2,1H3/t13-,14-,16+/m1/s1. The SMILES string of the molecule is C[C@@H]1C[C@@H]1c1ccc(CCC(=O)N2CCC[C@@H](c3nccs3)C2)o1. The zero-order valence-corrected chi connectivity index (χ0v) is 14.9. The normalized spacial score (nSPS) is 26.5. The van der Waals surface area contributed by atoms with Gasteiger partial charge in [-0.05, 0) is 37.3 Å². The molecule has 5 heteroatoms. The van der Waals surface area contributed by atoms with Gasteiger partial charge < -0.3 is 9.32 Å². The molecule has 1 aliphatic carbocycles. The van der Waals surface area contributed by atoms with Gasteiger partial charge in [0.05, 0.1) is 5.01 Å². The van der Waals surface area contributed by atoms with Crippen LogP contribution in [0.5, 0.6) is 0 Å². The molecule has 2 aromatic heterocycles. The van der Waals surface area contributed by atoms with E-state index >= 15 is 0 Å². The number of hydrogen-bond donors (Lipinski definition) is 0. The second-order valence-electron chi connectivity index (χ2n) is 7.17. The molecule has 0 spiro atoms. The van der Waals surface area contributed by atoms with E-state index in [9.17, 15) is 4.79 Å². The first-order valence-corrected chi connectivity index (χ1v) is 9.84. The van der Waals surface area contributed by atoms with E-state index in [-0.39, 0.29) is 5.91 Å². The number of rotatable bonds is 5. The third kappa shape index (κ3) is 3.41. The Labute approximate surface area is 146 Å². The molecule has 1 saturated heterocycles. The molecule has 128 valence electrons. The summed E-state index contributed by atoms with van der Waals surface area (Å²) in [6.45, 7) is 3.95. The highest BCUT2D eigenvalue weighted by atomic mass is 32.1. The topological polar surface area (TPSA) is 46.3 Å². The Kier molecular flexibility index (Phi) is 4.44. The van der Waals surface area contributed by atoms with Gasteiger partial charge in [-0.15, -0.1) is 11.3 Å². The van der Waals surface area contributed by atoms with Crippen LogP contribution in [0.4, 0.5) is 0 Å². The highest BCUT2D eigenvalue weighted by Crippen LogP contribution is 2.47. The summed E-state index contributed by atoms with van der Waals surface area (Å²) >= 11 is 1.70. The highest BCUT2D eigenvalue weighted by Gasteiger charge is 2.36. The van der Waals surface area contributed by atoms with E-state index in [1.54, 1.807) is 11.3 Å². The fraction of sp³-hybridized carbons (Fsp3) is 0.579. The van der Waals surface area contributed by atoms with Gasteiger partial charge in [-0.3, -0.25) is 4.79 Å². The smallest absolute Gasteiger partial charge is 0.223 e. The number of hydrogen-bond acceptors (Lipinski definition) is 4. The van der Waals surface area contributed by atoms with Gasteiger partial charge in [-0.2, -0.15) is 0 Å². The summed E-state index contributed by atoms with van der Waals surface area (Å²) in [7, 11) is 0. The second kappa shape index (κ2) is 6.71. The van der Waals surface area contributed by atoms with Gasteiger partial charge in [-0.1, -0.05) is 6.92 Å². The van der Waals surface area contributed by atoms with Crippen molar-refractivity contribution in [3.8, 4) is 0 Å². The van der Waals surface area contributed by atoms with Crippen LogP contribution < -0.4 is 0 Å². The van der Waals surface area contributed by atoms with Crippen molar-refractivity contribution in [2.45, 2.75) is 50.9 Å². The predicted molar refractivity (Wildman–Crippen MR) is 94.2 cm³/mol. The zero-order valence-electron chi connectivity index (χ0n) is 14.1. The second-order valence-corrected chi connectivity index (χ2v) is 8.10. The summed E-state index contributed by atoms with van der Waals surface area (Å²) in [5, 5.41) is 3.19. The monoisotopic (exact) mass is 344 g/mol. The summed E-state index contributed by atoms with van der Waals surface area (Å²) < 4.78 is 5.92. The number of amides is 1. The van der Waals surface area contributed by atoms with Crippen molar-refractivity contribution in [2.75, 3.05) is 13.1 Å². The van der Waals surface area contributed by atoms with Gasteiger partial charge in [0.1, 0.15) is 11.5 Å². The molecule has 4 nitrogen and oxygen atoms in total. The first kappa shape index (κ1) is 15.9. The lowest BCUT2D eigenvalue weighted by molar-refractivity contribution is -0.132. The number of piperidine rings is 1. The van der Waals surface area contributed by atoms with Gasteiger partial charge in [0.15, 0.2) is 0 Å². The molecule has 2 aliphatic rings. The molecule has 0 unspecified atom stereocenters. The minimum absolute atomic E-state index is 0.244. The van der Waals surface area contributed by atoms with Crippen LogP contribution in [0.3, 0.4) is 0 Å². The number of likely N-dealkylation sites (tertiary alicyclic amines) is 1.